The minimum Gasteiger partial charge on any atom is -0.493 e. The van der Waals surface area contributed by atoms with Crippen LogP contribution >= 0.6 is 0 Å². The predicted molar refractivity (Wildman–Crippen MR) is 78.1 cm³/mol. The van der Waals surface area contributed by atoms with E-state index in [9.17, 15) is 5.11 Å². The molecule has 102 valence electrons. The molecule has 0 spiro atoms. The molecule has 0 amide bonds. The van der Waals surface area contributed by atoms with Crippen molar-refractivity contribution in [2.24, 2.45) is 0 Å². The first-order valence-electron chi connectivity index (χ1n) is 7.35. The topological polar surface area (TPSA) is 29.5 Å². The second-order valence-corrected chi connectivity index (χ2v) is 5.77. The highest BCUT2D eigenvalue weighted by molar-refractivity contribution is 5.45. The van der Waals surface area contributed by atoms with Crippen LogP contribution in [0.15, 0.2) is 42.5 Å². The molecular formula is C18H18O2. The second kappa shape index (κ2) is 4.64. The quantitative estimate of drug-likeness (QED) is 0.920. The van der Waals surface area contributed by atoms with E-state index >= 15 is 0 Å². The summed E-state index contributed by atoms with van der Waals surface area (Å²) in [6, 6.07) is 14.4. The standard InChI is InChI=1S/C18H18O2/c19-18(14-7-8-17-13(11-14)9-10-20-17)16-4-2-1-3-15(16)12-5-6-12/h1-4,7-8,11-12,18-19H,5-6,9-10H2. The summed E-state index contributed by atoms with van der Waals surface area (Å²) < 4.78 is 5.53. The van der Waals surface area contributed by atoms with Crippen molar-refractivity contribution in [2.45, 2.75) is 31.3 Å². The first-order chi connectivity index (χ1) is 9.83. The van der Waals surface area contributed by atoms with Crippen molar-refractivity contribution in [2.75, 3.05) is 6.61 Å². The maximum absolute atomic E-state index is 10.7. The maximum Gasteiger partial charge on any atom is 0.122 e. The van der Waals surface area contributed by atoms with Gasteiger partial charge in [0, 0.05) is 6.42 Å². The van der Waals surface area contributed by atoms with E-state index in [1.54, 1.807) is 0 Å². The van der Waals surface area contributed by atoms with E-state index < -0.39 is 6.10 Å². The van der Waals surface area contributed by atoms with Crippen LogP contribution in [0, 0.1) is 0 Å². The van der Waals surface area contributed by atoms with Gasteiger partial charge in [-0.25, -0.2) is 0 Å². The van der Waals surface area contributed by atoms with Crippen LogP contribution in [0.3, 0.4) is 0 Å². The van der Waals surface area contributed by atoms with Gasteiger partial charge in [-0.05, 0) is 53.1 Å². The zero-order valence-corrected chi connectivity index (χ0v) is 11.4. The lowest BCUT2D eigenvalue weighted by Crippen LogP contribution is -2.03. The summed E-state index contributed by atoms with van der Waals surface area (Å²) in [7, 11) is 0. The summed E-state index contributed by atoms with van der Waals surface area (Å²) >= 11 is 0. The number of aliphatic hydroxyl groups is 1. The number of ether oxygens (including phenoxy) is 1. The third kappa shape index (κ3) is 2.01. The molecule has 2 heteroatoms. The van der Waals surface area contributed by atoms with Crippen LogP contribution in [0.5, 0.6) is 5.75 Å². The van der Waals surface area contributed by atoms with Crippen molar-refractivity contribution in [1.29, 1.82) is 0 Å². The second-order valence-electron chi connectivity index (χ2n) is 5.77. The van der Waals surface area contributed by atoms with E-state index in [0.29, 0.717) is 5.92 Å². The van der Waals surface area contributed by atoms with Crippen LogP contribution in [-0.2, 0) is 6.42 Å². The molecule has 1 aliphatic heterocycles. The minimum atomic E-state index is -0.530. The Morgan fingerprint density at radius 3 is 2.80 bits per heavy atom. The number of fused-ring (bicyclic) bond motifs is 1. The molecule has 0 radical (unpaired) electrons. The summed E-state index contributed by atoms with van der Waals surface area (Å²) in [5.41, 5.74) is 4.57. The average molecular weight is 266 g/mol. The van der Waals surface area contributed by atoms with Crippen molar-refractivity contribution >= 4 is 0 Å². The van der Waals surface area contributed by atoms with Gasteiger partial charge in [-0.3, -0.25) is 0 Å². The Morgan fingerprint density at radius 1 is 1.10 bits per heavy atom. The lowest BCUT2D eigenvalue weighted by Gasteiger charge is -2.16. The third-order valence-corrected chi connectivity index (χ3v) is 4.34. The Hall–Kier alpha value is -1.80. The van der Waals surface area contributed by atoms with Crippen LogP contribution in [0.4, 0.5) is 0 Å². The lowest BCUT2D eigenvalue weighted by atomic mass is 9.93. The van der Waals surface area contributed by atoms with E-state index in [2.05, 4.69) is 24.3 Å². The number of rotatable bonds is 3. The molecule has 1 fully saturated rings. The van der Waals surface area contributed by atoms with Gasteiger partial charge in [0.25, 0.3) is 0 Å². The minimum absolute atomic E-state index is 0.530. The molecule has 1 aliphatic carbocycles. The van der Waals surface area contributed by atoms with E-state index in [1.807, 2.05) is 18.2 Å². The number of hydrogen-bond donors (Lipinski definition) is 1. The molecule has 0 bridgehead atoms. The molecule has 0 saturated heterocycles. The Morgan fingerprint density at radius 2 is 1.95 bits per heavy atom. The molecule has 2 aromatic carbocycles. The Kier molecular flexibility index (Phi) is 2.78. The predicted octanol–water partition coefficient (Wildman–Crippen LogP) is 3.58. The third-order valence-electron chi connectivity index (χ3n) is 4.34. The molecule has 1 N–H and O–H groups in total. The van der Waals surface area contributed by atoms with Crippen LogP contribution in [0.2, 0.25) is 0 Å². The van der Waals surface area contributed by atoms with Gasteiger partial charge in [-0.1, -0.05) is 30.3 Å². The molecule has 2 aromatic rings. The summed E-state index contributed by atoms with van der Waals surface area (Å²) in [4.78, 5) is 0. The first-order valence-corrected chi connectivity index (χ1v) is 7.35. The highest BCUT2D eigenvalue weighted by atomic mass is 16.5. The molecule has 1 atom stereocenters. The van der Waals surface area contributed by atoms with Crippen molar-refractivity contribution in [3.63, 3.8) is 0 Å². The van der Waals surface area contributed by atoms with Crippen LogP contribution in [-0.4, -0.2) is 11.7 Å². The zero-order chi connectivity index (χ0) is 13.5. The fourth-order valence-electron chi connectivity index (χ4n) is 3.08. The maximum atomic E-state index is 10.7. The van der Waals surface area contributed by atoms with E-state index in [-0.39, 0.29) is 0 Å². The molecule has 4 rings (SSSR count). The van der Waals surface area contributed by atoms with Gasteiger partial charge in [-0.15, -0.1) is 0 Å². The molecule has 2 nitrogen and oxygen atoms in total. The Labute approximate surface area is 119 Å². The summed E-state index contributed by atoms with van der Waals surface area (Å²) in [5, 5.41) is 10.7. The zero-order valence-electron chi connectivity index (χ0n) is 11.4. The van der Waals surface area contributed by atoms with Crippen LogP contribution < -0.4 is 4.74 Å². The highest BCUT2D eigenvalue weighted by Gasteiger charge is 2.28. The number of aliphatic hydroxyl groups excluding tert-OH is 1. The van der Waals surface area contributed by atoms with Gasteiger partial charge in [-0.2, -0.15) is 0 Å². The fraction of sp³-hybridized carbons (Fsp3) is 0.333. The SMILES string of the molecule is OC(c1ccc2c(c1)CCO2)c1ccccc1C1CC1. The van der Waals surface area contributed by atoms with Crippen molar-refractivity contribution in [3.05, 3.63) is 64.7 Å². The Balaban J connectivity index is 1.71. The normalized spacial score (nSPS) is 18.4. The van der Waals surface area contributed by atoms with Gasteiger partial charge in [0.05, 0.1) is 6.61 Å². The molecular weight excluding hydrogens is 248 g/mol. The smallest absolute Gasteiger partial charge is 0.122 e. The number of hydrogen-bond acceptors (Lipinski definition) is 2. The monoisotopic (exact) mass is 266 g/mol. The fourth-order valence-corrected chi connectivity index (χ4v) is 3.08. The largest absolute Gasteiger partial charge is 0.493 e. The van der Waals surface area contributed by atoms with E-state index in [1.165, 1.54) is 24.0 Å². The molecule has 0 aromatic heterocycles. The molecule has 2 aliphatic rings. The number of benzene rings is 2. The van der Waals surface area contributed by atoms with Gasteiger partial charge in [0.2, 0.25) is 0 Å². The average Bonchev–Trinajstić information content (AvgIpc) is 3.23. The van der Waals surface area contributed by atoms with Crippen molar-refractivity contribution < 1.29 is 9.84 Å². The van der Waals surface area contributed by atoms with Gasteiger partial charge >= 0.3 is 0 Å². The van der Waals surface area contributed by atoms with E-state index in [0.717, 1.165) is 29.9 Å². The molecule has 1 unspecified atom stereocenters. The van der Waals surface area contributed by atoms with Crippen molar-refractivity contribution in [1.82, 2.24) is 0 Å². The summed E-state index contributed by atoms with van der Waals surface area (Å²) in [6.45, 7) is 0.757. The van der Waals surface area contributed by atoms with Crippen molar-refractivity contribution in [3.8, 4) is 5.75 Å². The Bertz CT molecular complexity index is 644. The molecule has 20 heavy (non-hydrogen) atoms. The van der Waals surface area contributed by atoms with Gasteiger partial charge < -0.3 is 9.84 Å². The lowest BCUT2D eigenvalue weighted by molar-refractivity contribution is 0.219. The molecule has 1 heterocycles. The summed E-state index contributed by atoms with van der Waals surface area (Å²) in [5.74, 6) is 1.62. The van der Waals surface area contributed by atoms with Gasteiger partial charge in [0.1, 0.15) is 11.9 Å². The highest BCUT2D eigenvalue weighted by Crippen LogP contribution is 2.44. The van der Waals surface area contributed by atoms with Crippen LogP contribution in [0.25, 0.3) is 0 Å². The first kappa shape index (κ1) is 12.0. The van der Waals surface area contributed by atoms with Crippen LogP contribution in [0.1, 0.15) is 47.1 Å². The molecule has 1 saturated carbocycles. The van der Waals surface area contributed by atoms with Gasteiger partial charge in [0.15, 0.2) is 0 Å². The van der Waals surface area contributed by atoms with E-state index in [4.69, 9.17) is 4.74 Å². The summed E-state index contributed by atoms with van der Waals surface area (Å²) in [6.07, 6.45) is 2.92.